The van der Waals surface area contributed by atoms with E-state index in [9.17, 15) is 0 Å². The van der Waals surface area contributed by atoms with Crippen LogP contribution in [0.1, 0.15) is 49.9 Å². The van der Waals surface area contributed by atoms with Crippen LogP contribution < -0.4 is 0 Å². The summed E-state index contributed by atoms with van der Waals surface area (Å²) in [7, 11) is 0. The highest BCUT2D eigenvalue weighted by atomic mass is 14.4. The van der Waals surface area contributed by atoms with Gasteiger partial charge in [-0.25, -0.2) is 0 Å². The van der Waals surface area contributed by atoms with Crippen LogP contribution in [0.2, 0.25) is 0 Å². The second-order valence-electron chi connectivity index (χ2n) is 14.5. The summed E-state index contributed by atoms with van der Waals surface area (Å²) in [4.78, 5) is 0. The Morgan fingerprint density at radius 2 is 0.630 bits per heavy atom. The second kappa shape index (κ2) is 8.74. The molecular weight excluding hydrogens is 553 g/mol. The van der Waals surface area contributed by atoms with Crippen LogP contribution in [-0.2, 0) is 10.8 Å². The Labute approximate surface area is 270 Å². The summed E-state index contributed by atoms with van der Waals surface area (Å²) in [6.45, 7) is 9.65. The molecule has 2 aliphatic rings. The van der Waals surface area contributed by atoms with Gasteiger partial charge >= 0.3 is 0 Å². The fraction of sp³-hybridized carbons (Fsp3) is 0.130. The third-order valence-electron chi connectivity index (χ3n) is 11.4. The van der Waals surface area contributed by atoms with E-state index < -0.39 is 0 Å². The first-order valence-electron chi connectivity index (χ1n) is 16.5. The number of hydrogen-bond donors (Lipinski definition) is 0. The van der Waals surface area contributed by atoms with E-state index in [1.165, 1.54) is 98.7 Å². The zero-order chi connectivity index (χ0) is 30.9. The number of benzene rings is 8. The van der Waals surface area contributed by atoms with Gasteiger partial charge in [0.15, 0.2) is 0 Å². The van der Waals surface area contributed by atoms with E-state index in [1.54, 1.807) is 0 Å². The zero-order valence-electron chi connectivity index (χ0n) is 26.7. The molecule has 8 aromatic carbocycles. The molecule has 0 amide bonds. The largest absolute Gasteiger partial charge is 0.0616 e. The first-order valence-corrected chi connectivity index (χ1v) is 16.5. The summed E-state index contributed by atoms with van der Waals surface area (Å²) in [5.41, 5.74) is 13.7. The van der Waals surface area contributed by atoms with Crippen LogP contribution in [0, 0.1) is 0 Å². The van der Waals surface area contributed by atoms with Crippen LogP contribution in [-0.4, -0.2) is 0 Å². The van der Waals surface area contributed by atoms with Crippen LogP contribution in [0.4, 0.5) is 0 Å². The molecule has 0 aliphatic heterocycles. The Morgan fingerprint density at radius 3 is 1.04 bits per heavy atom. The van der Waals surface area contributed by atoms with Gasteiger partial charge < -0.3 is 0 Å². The molecule has 0 heteroatoms. The third kappa shape index (κ3) is 3.14. The lowest BCUT2D eigenvalue weighted by Crippen LogP contribution is -2.15. The minimum absolute atomic E-state index is 0.117. The molecule has 0 N–H and O–H groups in total. The molecule has 2 aliphatic carbocycles. The second-order valence-corrected chi connectivity index (χ2v) is 14.5. The van der Waals surface area contributed by atoms with Gasteiger partial charge in [0.05, 0.1) is 0 Å². The Balaban J connectivity index is 1.34. The van der Waals surface area contributed by atoms with Gasteiger partial charge in [-0.05, 0) is 111 Å². The minimum atomic E-state index is -0.117. The van der Waals surface area contributed by atoms with Crippen molar-refractivity contribution in [1.29, 1.82) is 0 Å². The molecule has 0 radical (unpaired) electrons. The van der Waals surface area contributed by atoms with Gasteiger partial charge in [-0.2, -0.15) is 0 Å². The summed E-state index contributed by atoms with van der Waals surface area (Å²) in [5, 5.41) is 10.6. The number of rotatable bonds is 1. The molecule has 0 bridgehead atoms. The molecule has 8 aromatic rings. The van der Waals surface area contributed by atoms with Gasteiger partial charge in [0.2, 0.25) is 0 Å². The lowest BCUT2D eigenvalue weighted by molar-refractivity contribution is 0.660. The predicted octanol–water partition coefficient (Wildman–Crippen LogP) is 12.6. The van der Waals surface area contributed by atoms with Crippen LogP contribution in [0.3, 0.4) is 0 Å². The summed E-state index contributed by atoms with van der Waals surface area (Å²) >= 11 is 0. The smallest absolute Gasteiger partial charge is 0.0159 e. The van der Waals surface area contributed by atoms with Crippen molar-refractivity contribution in [2.45, 2.75) is 38.5 Å². The van der Waals surface area contributed by atoms with E-state index in [0.29, 0.717) is 0 Å². The van der Waals surface area contributed by atoms with Gasteiger partial charge in [-0.1, -0.05) is 149 Å². The van der Waals surface area contributed by atoms with Crippen molar-refractivity contribution < 1.29 is 0 Å². The van der Waals surface area contributed by atoms with E-state index in [4.69, 9.17) is 0 Å². The highest BCUT2D eigenvalue weighted by molar-refractivity contribution is 6.19. The van der Waals surface area contributed by atoms with E-state index in [0.717, 1.165) is 0 Å². The molecule has 0 nitrogen and oxygen atoms in total. The maximum atomic E-state index is 2.55. The highest BCUT2D eigenvalue weighted by Crippen LogP contribution is 2.58. The maximum Gasteiger partial charge on any atom is 0.0159 e. The first-order chi connectivity index (χ1) is 22.4. The van der Waals surface area contributed by atoms with Crippen LogP contribution in [0.5, 0.6) is 0 Å². The SMILES string of the molecule is CC1(C)c2ccc3ccccc3c2-c2c1cc(-c1cc3c(c4ccccc14)-c1c(ccc4ccccc14)C3(C)C)c1ccccc21. The fourth-order valence-corrected chi connectivity index (χ4v) is 9.13. The minimum Gasteiger partial charge on any atom is -0.0616 e. The predicted molar refractivity (Wildman–Crippen MR) is 197 cm³/mol. The van der Waals surface area contributed by atoms with Crippen LogP contribution in [0.15, 0.2) is 133 Å². The van der Waals surface area contributed by atoms with Gasteiger partial charge in [-0.3, -0.25) is 0 Å². The van der Waals surface area contributed by atoms with Gasteiger partial charge in [0, 0.05) is 10.8 Å². The monoisotopic (exact) mass is 586 g/mol. The van der Waals surface area contributed by atoms with Gasteiger partial charge in [-0.15, -0.1) is 0 Å². The summed E-state index contributed by atoms with van der Waals surface area (Å²) in [5.74, 6) is 0. The molecule has 0 heterocycles. The first kappa shape index (κ1) is 26.1. The lowest BCUT2D eigenvalue weighted by Gasteiger charge is -2.25. The van der Waals surface area contributed by atoms with Gasteiger partial charge in [0.1, 0.15) is 0 Å². The average Bonchev–Trinajstić information content (AvgIpc) is 3.47. The zero-order valence-corrected chi connectivity index (χ0v) is 26.7. The van der Waals surface area contributed by atoms with Crippen molar-refractivity contribution in [3.63, 3.8) is 0 Å². The van der Waals surface area contributed by atoms with Crippen molar-refractivity contribution in [2.75, 3.05) is 0 Å². The molecule has 0 atom stereocenters. The molecule has 0 unspecified atom stereocenters. The van der Waals surface area contributed by atoms with E-state index in [-0.39, 0.29) is 10.8 Å². The molecule has 0 aromatic heterocycles. The summed E-state index contributed by atoms with van der Waals surface area (Å²) < 4.78 is 0. The van der Waals surface area contributed by atoms with E-state index in [1.807, 2.05) is 0 Å². The van der Waals surface area contributed by atoms with Crippen molar-refractivity contribution in [1.82, 2.24) is 0 Å². The Kier molecular flexibility index (Phi) is 4.95. The Morgan fingerprint density at radius 1 is 0.304 bits per heavy atom. The van der Waals surface area contributed by atoms with Gasteiger partial charge in [0.25, 0.3) is 0 Å². The third-order valence-corrected chi connectivity index (χ3v) is 11.4. The fourth-order valence-electron chi connectivity index (χ4n) is 9.13. The van der Waals surface area contributed by atoms with Crippen LogP contribution in [0.25, 0.3) is 76.5 Å². The van der Waals surface area contributed by atoms with Crippen molar-refractivity contribution >= 4 is 43.1 Å². The number of fused-ring (bicyclic) bond motifs is 14. The molecule has 0 spiro atoms. The van der Waals surface area contributed by atoms with Crippen molar-refractivity contribution in [3.05, 3.63) is 156 Å². The summed E-state index contributed by atoms with van der Waals surface area (Å²) in [6.07, 6.45) is 0. The molecule has 10 rings (SSSR count). The molecule has 0 saturated carbocycles. The van der Waals surface area contributed by atoms with Crippen molar-refractivity contribution in [2.24, 2.45) is 0 Å². The normalized spacial score (nSPS) is 15.3. The van der Waals surface area contributed by atoms with Crippen molar-refractivity contribution in [3.8, 4) is 33.4 Å². The summed E-state index contributed by atoms with van der Waals surface area (Å²) in [6, 6.07) is 50.5. The topological polar surface area (TPSA) is 0 Å². The maximum absolute atomic E-state index is 2.55. The van der Waals surface area contributed by atoms with E-state index in [2.05, 4.69) is 161 Å². The van der Waals surface area contributed by atoms with Crippen LogP contribution >= 0.6 is 0 Å². The Bertz CT molecular complexity index is 2440. The molecule has 218 valence electrons. The van der Waals surface area contributed by atoms with E-state index >= 15 is 0 Å². The lowest BCUT2D eigenvalue weighted by atomic mass is 9.78. The average molecular weight is 587 g/mol. The quantitative estimate of drug-likeness (QED) is 0.179. The Hall–Kier alpha value is -5.20. The highest BCUT2D eigenvalue weighted by Gasteiger charge is 2.40. The molecule has 46 heavy (non-hydrogen) atoms. The molecular formula is C46H34. The number of hydrogen-bond acceptors (Lipinski definition) is 0. The molecule has 0 fully saturated rings. The standard InChI is InChI=1S/C46H34/c1-45(2)37-23-21-27-13-5-7-15-29(27)41(37)43-33-19-11-9-17-31(33)35(25-39(43)45)36-26-40-44(34-20-12-10-18-32(34)36)42-30-16-8-6-14-28(30)22-24-38(42)46(40,3)4/h5-26H,1-4H3. The molecule has 0 saturated heterocycles.